The molecule has 0 aliphatic rings. The van der Waals surface area contributed by atoms with Gasteiger partial charge in [0.2, 0.25) is 0 Å². The van der Waals surface area contributed by atoms with E-state index in [2.05, 4.69) is 100 Å². The second-order valence-corrected chi connectivity index (χ2v) is 13.4. The molecule has 0 spiro atoms. The topological polar surface area (TPSA) is 50.2 Å². The van der Waals surface area contributed by atoms with Gasteiger partial charge in [0.05, 0.1) is 5.76 Å². The van der Waals surface area contributed by atoms with Gasteiger partial charge < -0.3 is 10.1 Å². The molecule has 0 aliphatic heterocycles. The number of aromatic nitrogens is 1. The summed E-state index contributed by atoms with van der Waals surface area (Å²) in [6.07, 6.45) is 6.89. The normalized spacial score (nSPS) is 11.4. The van der Waals surface area contributed by atoms with Gasteiger partial charge in [0.25, 0.3) is 0 Å². The van der Waals surface area contributed by atoms with E-state index in [1.54, 1.807) is 0 Å². The summed E-state index contributed by atoms with van der Waals surface area (Å²) in [6, 6.07) is 27.6. The van der Waals surface area contributed by atoms with E-state index < -0.39 is 0 Å². The van der Waals surface area contributed by atoms with Gasteiger partial charge >= 0.3 is 0 Å². The molecule has 1 radical (unpaired) electrons. The number of fused-ring (bicyclic) bond motifs is 1. The Morgan fingerprint density at radius 3 is 2.00 bits per heavy atom. The summed E-state index contributed by atoms with van der Waals surface area (Å²) >= 11 is 1.82. The third kappa shape index (κ3) is 9.60. The maximum Gasteiger partial charge on any atom is 0.162 e. The molecule has 47 heavy (non-hydrogen) atoms. The summed E-state index contributed by atoms with van der Waals surface area (Å²) in [6.45, 7) is 16.6. The largest absolute Gasteiger partial charge is 0.512 e. The number of hydrogen-bond acceptors (Lipinski definition) is 4. The number of pyridine rings is 1. The number of aryl methyl sites for hydroxylation is 4. The van der Waals surface area contributed by atoms with Crippen molar-refractivity contribution in [1.29, 1.82) is 0 Å². The van der Waals surface area contributed by atoms with Gasteiger partial charge in [0, 0.05) is 59.2 Å². The minimum absolute atomic E-state index is 0. The molecule has 3 nitrogen and oxygen atoms in total. The maximum atomic E-state index is 11.7. The van der Waals surface area contributed by atoms with Gasteiger partial charge in [0.1, 0.15) is 0 Å². The van der Waals surface area contributed by atoms with Gasteiger partial charge in [-0.1, -0.05) is 90.1 Å². The van der Waals surface area contributed by atoms with Crippen LogP contribution in [0.5, 0.6) is 0 Å². The third-order valence-corrected chi connectivity index (χ3v) is 9.99. The molecule has 5 aromatic rings. The first kappa shape index (κ1) is 38.1. The minimum Gasteiger partial charge on any atom is -0.512 e. The van der Waals surface area contributed by atoms with Gasteiger partial charge in [-0.3, -0.25) is 4.79 Å². The predicted molar refractivity (Wildman–Crippen MR) is 198 cm³/mol. The van der Waals surface area contributed by atoms with Gasteiger partial charge in [-0.25, -0.2) is 0 Å². The van der Waals surface area contributed by atoms with Gasteiger partial charge in [-0.15, -0.1) is 46.2 Å². The van der Waals surface area contributed by atoms with Crippen molar-refractivity contribution in [3.8, 4) is 32.8 Å². The van der Waals surface area contributed by atoms with Crippen LogP contribution in [0.2, 0.25) is 0 Å². The monoisotopic (exact) mass is 823 g/mol. The molecule has 0 fully saturated rings. The average Bonchev–Trinajstić information content (AvgIpc) is 3.46. The zero-order chi connectivity index (χ0) is 33.4. The average molecular weight is 823 g/mol. The Bertz CT molecular complexity index is 1770. The molecular formula is C42H48IrNO2S-. The molecule has 249 valence electrons. The zero-order valence-electron chi connectivity index (χ0n) is 29.0. The molecule has 3 aromatic carbocycles. The van der Waals surface area contributed by atoms with Crippen LogP contribution in [0, 0.1) is 45.6 Å². The molecule has 0 saturated heterocycles. The number of ketones is 1. The Kier molecular flexibility index (Phi) is 14.3. The van der Waals surface area contributed by atoms with Crippen LogP contribution in [0.25, 0.3) is 42.9 Å². The van der Waals surface area contributed by atoms with E-state index in [4.69, 9.17) is 4.98 Å². The maximum absolute atomic E-state index is 11.7. The van der Waals surface area contributed by atoms with Crippen molar-refractivity contribution < 1.29 is 30.0 Å². The molecule has 2 heterocycles. The smallest absolute Gasteiger partial charge is 0.162 e. The SMILES string of the molecule is CCC(CC)C(=O)/C=C(\O)C(CC)CC.Cc1[c-]c(-c2cc3sc(-c4ccc(-c5c(C)cccc5C)cc4)cc3cn2)cc(C)c1.[Ir]. The van der Waals surface area contributed by atoms with Gasteiger partial charge in [0.15, 0.2) is 5.78 Å². The number of hydrogen-bond donors (Lipinski definition) is 1. The molecule has 0 unspecified atom stereocenters. The Morgan fingerprint density at radius 1 is 0.830 bits per heavy atom. The van der Waals surface area contributed by atoms with Crippen molar-refractivity contribution >= 4 is 27.2 Å². The van der Waals surface area contributed by atoms with E-state index in [1.165, 1.54) is 54.4 Å². The molecule has 1 N–H and O–H groups in total. The summed E-state index contributed by atoms with van der Waals surface area (Å²) < 4.78 is 1.26. The van der Waals surface area contributed by atoms with Crippen molar-refractivity contribution in [1.82, 2.24) is 4.98 Å². The van der Waals surface area contributed by atoms with Gasteiger partial charge in [-0.2, -0.15) is 0 Å². The van der Waals surface area contributed by atoms with E-state index in [9.17, 15) is 9.90 Å². The number of nitrogens with zero attached hydrogens (tertiary/aromatic N) is 1. The van der Waals surface area contributed by atoms with E-state index in [-0.39, 0.29) is 43.5 Å². The summed E-state index contributed by atoms with van der Waals surface area (Å²) in [5.74, 6) is 0.547. The Morgan fingerprint density at radius 2 is 1.43 bits per heavy atom. The molecule has 0 saturated carbocycles. The fourth-order valence-corrected chi connectivity index (χ4v) is 7.18. The number of benzene rings is 3. The number of thiophene rings is 1. The standard InChI is InChI=1S/C29H24NS.C13H24O2.Ir/c1-18-12-19(2)14-24(13-18)26-16-28-25(17-30-26)15-27(31-28)22-8-10-23(11-9-22)29-20(3)6-5-7-21(29)4;1-5-10(6-2)12(14)9-13(15)11(7-3)8-4;/h5-13,15-17H,1-4H3;9-11,14H,5-8H2,1-4H3;/q-1;;/b;12-9-;. The van der Waals surface area contributed by atoms with Crippen molar-refractivity contribution in [2.24, 2.45) is 11.8 Å². The minimum atomic E-state index is 0. The van der Waals surface area contributed by atoms with Gasteiger partial charge in [-0.05, 0) is 79.1 Å². The third-order valence-electron chi connectivity index (χ3n) is 8.85. The Labute approximate surface area is 299 Å². The molecule has 0 atom stereocenters. The molecule has 0 amide bonds. The Balaban J connectivity index is 0.000000322. The van der Waals surface area contributed by atoms with Crippen LogP contribution in [0.4, 0.5) is 0 Å². The number of carbonyl (C=O) groups excluding carboxylic acids is 1. The van der Waals surface area contributed by atoms with E-state index in [0.29, 0.717) is 0 Å². The molecule has 0 aliphatic carbocycles. The summed E-state index contributed by atoms with van der Waals surface area (Å²) in [5.41, 5.74) is 10.9. The quantitative estimate of drug-likeness (QED) is 0.0867. The van der Waals surface area contributed by atoms with E-state index in [1.807, 2.05) is 45.2 Å². The first-order valence-electron chi connectivity index (χ1n) is 16.6. The zero-order valence-corrected chi connectivity index (χ0v) is 32.2. The summed E-state index contributed by atoms with van der Waals surface area (Å²) in [5, 5.41) is 10.9. The molecular weight excluding hydrogens is 775 g/mol. The van der Waals surface area contributed by atoms with E-state index >= 15 is 0 Å². The Hall–Kier alpha value is -3.37. The van der Waals surface area contributed by atoms with Crippen molar-refractivity contribution in [2.75, 3.05) is 0 Å². The van der Waals surface area contributed by atoms with Crippen LogP contribution in [0.15, 0.2) is 84.8 Å². The second-order valence-electron chi connectivity index (χ2n) is 12.3. The second kappa shape index (κ2) is 17.7. The number of carbonyl (C=O) groups is 1. The van der Waals surface area contributed by atoms with Crippen LogP contribution in [0.1, 0.15) is 75.6 Å². The van der Waals surface area contributed by atoms with Crippen LogP contribution >= 0.6 is 11.3 Å². The molecule has 0 bridgehead atoms. The number of aliphatic hydroxyl groups is 1. The molecule has 5 heteroatoms. The number of rotatable bonds is 10. The number of aliphatic hydroxyl groups excluding tert-OH is 1. The van der Waals surface area contributed by atoms with Crippen LogP contribution in [0.3, 0.4) is 0 Å². The summed E-state index contributed by atoms with van der Waals surface area (Å²) in [4.78, 5) is 17.7. The molecule has 5 rings (SSSR count). The van der Waals surface area contributed by atoms with Crippen molar-refractivity contribution in [3.63, 3.8) is 0 Å². The van der Waals surface area contributed by atoms with Crippen LogP contribution in [-0.2, 0) is 24.9 Å². The first-order chi connectivity index (χ1) is 22.1. The summed E-state index contributed by atoms with van der Waals surface area (Å²) in [7, 11) is 0. The van der Waals surface area contributed by atoms with E-state index in [0.717, 1.165) is 42.5 Å². The fourth-order valence-electron chi connectivity index (χ4n) is 6.11. The first-order valence-corrected chi connectivity index (χ1v) is 17.4. The van der Waals surface area contributed by atoms with Crippen molar-refractivity contribution in [3.05, 3.63) is 113 Å². The van der Waals surface area contributed by atoms with Crippen LogP contribution in [-0.4, -0.2) is 15.9 Å². The number of allylic oxidation sites excluding steroid dienone is 2. The van der Waals surface area contributed by atoms with Crippen molar-refractivity contribution in [2.45, 2.75) is 81.1 Å². The van der Waals surface area contributed by atoms with Crippen LogP contribution < -0.4 is 0 Å². The fraction of sp³-hybridized carbons (Fsp3) is 0.333. The predicted octanol–water partition coefficient (Wildman–Crippen LogP) is 12.2. The molecule has 2 aromatic heterocycles.